The lowest BCUT2D eigenvalue weighted by molar-refractivity contribution is 0.198. The van der Waals surface area contributed by atoms with Crippen molar-refractivity contribution in [2.45, 2.75) is 31.7 Å². The molecule has 3 heterocycles. The van der Waals surface area contributed by atoms with Crippen LogP contribution in [0.25, 0.3) is 0 Å². The molecule has 0 saturated carbocycles. The minimum atomic E-state index is -0.192. The lowest BCUT2D eigenvalue weighted by Crippen LogP contribution is -2.34. The Morgan fingerprint density at radius 3 is 2.70 bits per heavy atom. The third kappa shape index (κ3) is 4.77. The molecule has 3 nitrogen and oxygen atoms in total. The molecule has 0 spiro atoms. The van der Waals surface area contributed by atoms with Crippen LogP contribution in [0.1, 0.15) is 41.3 Å². The molecular formula is C23H24FN3. The smallest absolute Gasteiger partial charge is 0.123 e. The Labute approximate surface area is 159 Å². The van der Waals surface area contributed by atoms with Gasteiger partial charge in [0.1, 0.15) is 5.82 Å². The number of aromatic nitrogens is 2. The molecule has 1 aromatic carbocycles. The summed E-state index contributed by atoms with van der Waals surface area (Å²) < 4.78 is 13.4. The zero-order valence-corrected chi connectivity index (χ0v) is 15.4. The summed E-state index contributed by atoms with van der Waals surface area (Å²) in [5.41, 5.74) is 4.42. The molecule has 4 rings (SSSR count). The van der Waals surface area contributed by atoms with E-state index in [4.69, 9.17) is 4.98 Å². The predicted molar refractivity (Wildman–Crippen MR) is 105 cm³/mol. The number of likely N-dealkylation sites (tertiary alicyclic amines) is 1. The van der Waals surface area contributed by atoms with E-state index < -0.39 is 0 Å². The standard InChI is InChI=1S/C23H24FN3/c24-21-6-1-4-19(14-21)15-22-7-2-8-23(26-22)20-5-3-13-27(17-20)16-18-9-11-25-12-10-18/h1-2,4,6-12,14,20H,3,5,13,15-17H2. The van der Waals surface area contributed by atoms with Gasteiger partial charge < -0.3 is 0 Å². The van der Waals surface area contributed by atoms with E-state index in [0.717, 1.165) is 36.6 Å². The maximum atomic E-state index is 13.4. The lowest BCUT2D eigenvalue weighted by atomic mass is 9.93. The third-order valence-electron chi connectivity index (χ3n) is 5.18. The van der Waals surface area contributed by atoms with Gasteiger partial charge in [-0.1, -0.05) is 18.2 Å². The Morgan fingerprint density at radius 1 is 1.00 bits per heavy atom. The highest BCUT2D eigenvalue weighted by atomic mass is 19.1. The van der Waals surface area contributed by atoms with E-state index in [1.54, 1.807) is 12.1 Å². The number of pyridine rings is 2. The van der Waals surface area contributed by atoms with Gasteiger partial charge in [-0.15, -0.1) is 0 Å². The summed E-state index contributed by atoms with van der Waals surface area (Å²) in [7, 11) is 0. The molecule has 4 heteroatoms. The Balaban J connectivity index is 1.44. The third-order valence-corrected chi connectivity index (χ3v) is 5.18. The monoisotopic (exact) mass is 361 g/mol. The highest BCUT2D eigenvalue weighted by molar-refractivity contribution is 5.24. The maximum Gasteiger partial charge on any atom is 0.123 e. The summed E-state index contributed by atoms with van der Waals surface area (Å²) in [6.45, 7) is 3.11. The molecule has 1 fully saturated rings. The van der Waals surface area contributed by atoms with E-state index in [2.05, 4.69) is 34.1 Å². The number of hydrogen-bond donors (Lipinski definition) is 0. The molecule has 1 aliphatic heterocycles. The van der Waals surface area contributed by atoms with Crippen molar-refractivity contribution in [3.8, 4) is 0 Å². The lowest BCUT2D eigenvalue weighted by Gasteiger charge is -2.32. The van der Waals surface area contributed by atoms with E-state index in [-0.39, 0.29) is 5.82 Å². The first-order valence-electron chi connectivity index (χ1n) is 9.58. The summed E-state index contributed by atoms with van der Waals surface area (Å²) in [4.78, 5) is 11.5. The van der Waals surface area contributed by atoms with Crippen molar-refractivity contribution in [2.75, 3.05) is 13.1 Å². The molecule has 27 heavy (non-hydrogen) atoms. The first-order chi connectivity index (χ1) is 13.3. The number of benzene rings is 1. The molecule has 3 aromatic rings. The molecule has 1 atom stereocenters. The normalized spacial score (nSPS) is 17.7. The van der Waals surface area contributed by atoms with Gasteiger partial charge in [0, 0.05) is 49.2 Å². The zero-order valence-electron chi connectivity index (χ0n) is 15.4. The van der Waals surface area contributed by atoms with Gasteiger partial charge in [0.25, 0.3) is 0 Å². The Hall–Kier alpha value is -2.59. The quantitative estimate of drug-likeness (QED) is 0.666. The van der Waals surface area contributed by atoms with E-state index in [9.17, 15) is 4.39 Å². The first kappa shape index (κ1) is 17.8. The van der Waals surface area contributed by atoms with Gasteiger partial charge in [-0.3, -0.25) is 14.9 Å². The number of hydrogen-bond acceptors (Lipinski definition) is 3. The van der Waals surface area contributed by atoms with Crippen LogP contribution in [0.3, 0.4) is 0 Å². The topological polar surface area (TPSA) is 29.0 Å². The van der Waals surface area contributed by atoms with Gasteiger partial charge in [0.15, 0.2) is 0 Å². The van der Waals surface area contributed by atoms with Crippen LogP contribution in [0.2, 0.25) is 0 Å². The second kappa shape index (κ2) is 8.40. The highest BCUT2D eigenvalue weighted by Crippen LogP contribution is 2.27. The van der Waals surface area contributed by atoms with Crippen molar-refractivity contribution >= 4 is 0 Å². The van der Waals surface area contributed by atoms with Crippen LogP contribution in [-0.2, 0) is 13.0 Å². The molecular weight excluding hydrogens is 337 g/mol. The van der Waals surface area contributed by atoms with Crippen molar-refractivity contribution < 1.29 is 4.39 Å². The minimum Gasteiger partial charge on any atom is -0.298 e. The first-order valence-corrected chi connectivity index (χ1v) is 9.58. The minimum absolute atomic E-state index is 0.192. The molecule has 2 aromatic heterocycles. The van der Waals surface area contributed by atoms with Crippen molar-refractivity contribution in [3.05, 3.63) is 95.3 Å². The Morgan fingerprint density at radius 2 is 1.85 bits per heavy atom. The molecule has 0 aliphatic carbocycles. The molecule has 1 saturated heterocycles. The fraction of sp³-hybridized carbons (Fsp3) is 0.304. The summed E-state index contributed by atoms with van der Waals surface area (Å²) in [6.07, 6.45) is 6.73. The summed E-state index contributed by atoms with van der Waals surface area (Å²) in [5.74, 6) is 0.260. The van der Waals surface area contributed by atoms with Crippen LogP contribution in [0.5, 0.6) is 0 Å². The number of nitrogens with zero attached hydrogens (tertiary/aromatic N) is 3. The van der Waals surface area contributed by atoms with E-state index >= 15 is 0 Å². The van der Waals surface area contributed by atoms with E-state index in [1.165, 1.54) is 24.5 Å². The number of piperidine rings is 1. The fourth-order valence-electron chi connectivity index (χ4n) is 3.87. The van der Waals surface area contributed by atoms with Crippen LogP contribution < -0.4 is 0 Å². The number of rotatable bonds is 5. The van der Waals surface area contributed by atoms with Gasteiger partial charge in [-0.05, 0) is 66.9 Å². The zero-order chi connectivity index (χ0) is 18.5. The van der Waals surface area contributed by atoms with Crippen LogP contribution in [0, 0.1) is 5.82 Å². The molecule has 138 valence electrons. The molecule has 0 N–H and O–H groups in total. The summed E-state index contributed by atoms with van der Waals surface area (Å²) >= 11 is 0. The average molecular weight is 361 g/mol. The van der Waals surface area contributed by atoms with E-state index in [0.29, 0.717) is 12.3 Å². The van der Waals surface area contributed by atoms with Crippen LogP contribution in [0.4, 0.5) is 4.39 Å². The van der Waals surface area contributed by atoms with Gasteiger partial charge in [0.05, 0.1) is 0 Å². The second-order valence-corrected chi connectivity index (χ2v) is 7.29. The van der Waals surface area contributed by atoms with Gasteiger partial charge in [-0.2, -0.15) is 0 Å². The van der Waals surface area contributed by atoms with Crippen molar-refractivity contribution in [1.29, 1.82) is 0 Å². The van der Waals surface area contributed by atoms with Gasteiger partial charge in [0.2, 0.25) is 0 Å². The summed E-state index contributed by atoms with van der Waals surface area (Å²) in [5, 5.41) is 0. The summed E-state index contributed by atoms with van der Waals surface area (Å²) in [6, 6.07) is 17.2. The fourth-order valence-corrected chi connectivity index (χ4v) is 3.87. The average Bonchev–Trinajstić information content (AvgIpc) is 2.69. The van der Waals surface area contributed by atoms with Crippen LogP contribution >= 0.6 is 0 Å². The molecule has 1 unspecified atom stereocenters. The van der Waals surface area contributed by atoms with Crippen LogP contribution in [0.15, 0.2) is 67.0 Å². The van der Waals surface area contributed by atoms with E-state index in [1.807, 2.05) is 24.5 Å². The molecule has 0 radical (unpaired) electrons. The maximum absolute atomic E-state index is 13.4. The highest BCUT2D eigenvalue weighted by Gasteiger charge is 2.22. The molecule has 0 bridgehead atoms. The van der Waals surface area contributed by atoms with Crippen molar-refractivity contribution in [2.24, 2.45) is 0 Å². The van der Waals surface area contributed by atoms with Crippen LogP contribution in [-0.4, -0.2) is 28.0 Å². The molecule has 0 amide bonds. The van der Waals surface area contributed by atoms with Crippen molar-refractivity contribution in [3.63, 3.8) is 0 Å². The second-order valence-electron chi connectivity index (χ2n) is 7.29. The van der Waals surface area contributed by atoms with Crippen molar-refractivity contribution in [1.82, 2.24) is 14.9 Å². The molecule has 1 aliphatic rings. The van der Waals surface area contributed by atoms with Gasteiger partial charge in [-0.25, -0.2) is 4.39 Å². The number of halogens is 1. The predicted octanol–water partition coefficient (Wildman–Crippen LogP) is 4.59. The SMILES string of the molecule is Fc1cccc(Cc2cccc(C3CCCN(Cc4ccncc4)C3)n2)c1. The van der Waals surface area contributed by atoms with Gasteiger partial charge >= 0.3 is 0 Å². The largest absolute Gasteiger partial charge is 0.298 e. The Bertz CT molecular complexity index is 882. The Kier molecular flexibility index (Phi) is 5.54.